The average molecular weight is 195 g/mol. The second kappa shape index (κ2) is 4.05. The third-order valence-electron chi connectivity index (χ3n) is 1.41. The summed E-state index contributed by atoms with van der Waals surface area (Å²) >= 11 is 0. The Labute approximate surface area is 71.2 Å². The minimum Gasteiger partial charge on any atom is -0.495 e. The van der Waals surface area contributed by atoms with E-state index in [-0.39, 0.29) is 0 Å². The summed E-state index contributed by atoms with van der Waals surface area (Å²) in [7, 11) is -2.46. The SMILES string of the molecule is CO[P+](O)(O)O/C=C1\CCCO1. The lowest BCUT2D eigenvalue weighted by atomic mass is 10.3. The van der Waals surface area contributed by atoms with Crippen LogP contribution in [0.2, 0.25) is 0 Å². The van der Waals surface area contributed by atoms with Crippen molar-refractivity contribution in [2.45, 2.75) is 12.8 Å². The topological polar surface area (TPSA) is 68.2 Å². The Morgan fingerprint density at radius 2 is 2.33 bits per heavy atom. The lowest BCUT2D eigenvalue weighted by Gasteiger charge is -2.04. The lowest BCUT2D eigenvalue weighted by Crippen LogP contribution is -1.94. The first kappa shape index (κ1) is 9.74. The lowest BCUT2D eigenvalue weighted by molar-refractivity contribution is 0.172. The standard InChI is InChI=1S/C6H12O5P/c1-9-12(7,8)11-5-6-3-2-4-10-6/h5,7-8H,2-4H2,1H3/q+1/b6-5+. The Bertz CT molecular complexity index is 171. The monoisotopic (exact) mass is 195 g/mol. The highest BCUT2D eigenvalue weighted by Crippen LogP contribution is 2.51. The zero-order valence-corrected chi connectivity index (χ0v) is 7.66. The van der Waals surface area contributed by atoms with Gasteiger partial charge in [0.15, 0.2) is 6.26 Å². The molecule has 0 aromatic rings. The normalized spacial score (nSPS) is 21.1. The third kappa shape index (κ3) is 2.95. The largest absolute Gasteiger partial charge is 0.615 e. The van der Waals surface area contributed by atoms with Gasteiger partial charge in [0.1, 0.15) is 5.76 Å². The van der Waals surface area contributed by atoms with Gasteiger partial charge in [-0.25, -0.2) is 0 Å². The molecule has 1 heterocycles. The molecule has 0 aromatic heterocycles. The minimum absolute atomic E-state index is 0.625. The molecule has 0 aliphatic carbocycles. The molecule has 70 valence electrons. The van der Waals surface area contributed by atoms with E-state index in [0.29, 0.717) is 12.4 Å². The number of allylic oxidation sites excluding steroid dienone is 1. The second-order valence-electron chi connectivity index (χ2n) is 2.31. The fourth-order valence-corrected chi connectivity index (χ4v) is 1.13. The van der Waals surface area contributed by atoms with Crippen LogP contribution in [0.25, 0.3) is 0 Å². The van der Waals surface area contributed by atoms with Crippen molar-refractivity contribution in [3.8, 4) is 0 Å². The quantitative estimate of drug-likeness (QED) is 0.518. The van der Waals surface area contributed by atoms with E-state index >= 15 is 0 Å². The van der Waals surface area contributed by atoms with Crippen molar-refractivity contribution >= 4 is 8.17 Å². The van der Waals surface area contributed by atoms with Crippen LogP contribution in [0.5, 0.6) is 0 Å². The first-order valence-electron chi connectivity index (χ1n) is 3.54. The minimum atomic E-state index is -3.63. The molecule has 1 rings (SSSR count). The van der Waals surface area contributed by atoms with Gasteiger partial charge in [-0.15, -0.1) is 4.52 Å². The van der Waals surface area contributed by atoms with Crippen LogP contribution in [-0.2, 0) is 13.8 Å². The third-order valence-corrected chi connectivity index (χ3v) is 2.27. The van der Waals surface area contributed by atoms with Gasteiger partial charge in [-0.05, 0) is 6.42 Å². The van der Waals surface area contributed by atoms with Crippen LogP contribution in [0.1, 0.15) is 12.8 Å². The molecule has 0 unspecified atom stereocenters. The van der Waals surface area contributed by atoms with Gasteiger partial charge in [0, 0.05) is 6.42 Å². The first-order valence-corrected chi connectivity index (χ1v) is 5.07. The molecule has 0 amide bonds. The van der Waals surface area contributed by atoms with Gasteiger partial charge in [-0.2, -0.15) is 9.79 Å². The van der Waals surface area contributed by atoms with E-state index in [2.05, 4.69) is 9.05 Å². The van der Waals surface area contributed by atoms with E-state index in [1.54, 1.807) is 0 Å². The maximum absolute atomic E-state index is 8.91. The molecule has 1 fully saturated rings. The molecule has 2 N–H and O–H groups in total. The van der Waals surface area contributed by atoms with Crippen molar-refractivity contribution in [2.24, 2.45) is 0 Å². The van der Waals surface area contributed by atoms with Gasteiger partial charge >= 0.3 is 8.17 Å². The summed E-state index contributed by atoms with van der Waals surface area (Å²) in [6.45, 7) is 0.657. The summed E-state index contributed by atoms with van der Waals surface area (Å²) in [4.78, 5) is 17.8. The zero-order chi connectivity index (χ0) is 9.03. The Hall–Kier alpha value is -0.350. The van der Waals surface area contributed by atoms with Gasteiger partial charge in [0.25, 0.3) is 0 Å². The first-order chi connectivity index (χ1) is 5.64. The molecule has 6 heteroatoms. The molecule has 12 heavy (non-hydrogen) atoms. The van der Waals surface area contributed by atoms with E-state index in [9.17, 15) is 0 Å². The number of hydrogen-bond donors (Lipinski definition) is 2. The Morgan fingerprint density at radius 1 is 1.58 bits per heavy atom. The Kier molecular flexibility index (Phi) is 3.29. The molecule has 0 bridgehead atoms. The number of hydrogen-bond acceptors (Lipinski definition) is 5. The van der Waals surface area contributed by atoms with Crippen LogP contribution < -0.4 is 0 Å². The highest BCUT2D eigenvalue weighted by molar-refractivity contribution is 7.54. The van der Waals surface area contributed by atoms with Crippen LogP contribution in [0.15, 0.2) is 12.0 Å². The van der Waals surface area contributed by atoms with Gasteiger partial charge in [0.05, 0.1) is 13.7 Å². The predicted molar refractivity (Wildman–Crippen MR) is 42.7 cm³/mol. The van der Waals surface area contributed by atoms with Crippen molar-refractivity contribution in [3.63, 3.8) is 0 Å². The van der Waals surface area contributed by atoms with Crippen molar-refractivity contribution < 1.29 is 23.6 Å². The number of rotatable bonds is 3. The summed E-state index contributed by atoms with van der Waals surface area (Å²) in [5.41, 5.74) is 0. The van der Waals surface area contributed by atoms with Gasteiger partial charge < -0.3 is 4.74 Å². The highest BCUT2D eigenvalue weighted by Gasteiger charge is 2.37. The summed E-state index contributed by atoms with van der Waals surface area (Å²) < 4.78 is 13.9. The average Bonchev–Trinajstić information content (AvgIpc) is 2.53. The molecular formula is C6H12O5P+. The predicted octanol–water partition coefficient (Wildman–Crippen LogP) is 0.963. The molecule has 1 aliphatic rings. The molecule has 0 aromatic carbocycles. The molecular weight excluding hydrogens is 183 g/mol. The van der Waals surface area contributed by atoms with E-state index in [1.165, 1.54) is 13.4 Å². The molecule has 1 aliphatic heterocycles. The van der Waals surface area contributed by atoms with Crippen molar-refractivity contribution in [1.82, 2.24) is 0 Å². The summed E-state index contributed by atoms with van der Waals surface area (Å²) in [5.74, 6) is 0.625. The van der Waals surface area contributed by atoms with Crippen molar-refractivity contribution in [2.75, 3.05) is 13.7 Å². The molecule has 0 spiro atoms. The summed E-state index contributed by atoms with van der Waals surface area (Å²) in [6.07, 6.45) is 2.90. The molecule has 1 saturated heterocycles. The molecule has 5 nitrogen and oxygen atoms in total. The smallest absolute Gasteiger partial charge is 0.495 e. The molecule has 0 atom stereocenters. The van der Waals surface area contributed by atoms with Crippen LogP contribution in [0.3, 0.4) is 0 Å². The maximum atomic E-state index is 8.91. The van der Waals surface area contributed by atoms with Crippen molar-refractivity contribution in [1.29, 1.82) is 0 Å². The Balaban J connectivity index is 2.36. The maximum Gasteiger partial charge on any atom is 0.615 e. The van der Waals surface area contributed by atoms with E-state index in [0.717, 1.165) is 12.8 Å². The summed E-state index contributed by atoms with van der Waals surface area (Å²) in [6, 6.07) is 0. The number of ether oxygens (including phenoxy) is 1. The highest BCUT2D eigenvalue weighted by atomic mass is 31.2. The fourth-order valence-electron chi connectivity index (χ4n) is 0.785. The van der Waals surface area contributed by atoms with E-state index in [4.69, 9.17) is 14.5 Å². The summed E-state index contributed by atoms with van der Waals surface area (Å²) in [5, 5.41) is 0. The van der Waals surface area contributed by atoms with E-state index < -0.39 is 8.17 Å². The van der Waals surface area contributed by atoms with E-state index in [1.807, 2.05) is 0 Å². The van der Waals surface area contributed by atoms with Gasteiger partial charge in [-0.3, -0.25) is 4.52 Å². The van der Waals surface area contributed by atoms with Gasteiger partial charge in [0.2, 0.25) is 0 Å². The van der Waals surface area contributed by atoms with Crippen LogP contribution in [0.4, 0.5) is 0 Å². The van der Waals surface area contributed by atoms with Crippen LogP contribution >= 0.6 is 8.17 Å². The van der Waals surface area contributed by atoms with Crippen LogP contribution in [-0.4, -0.2) is 23.5 Å². The molecule has 0 radical (unpaired) electrons. The van der Waals surface area contributed by atoms with Gasteiger partial charge in [-0.1, -0.05) is 0 Å². The fraction of sp³-hybridized carbons (Fsp3) is 0.667. The Morgan fingerprint density at radius 3 is 2.83 bits per heavy atom. The van der Waals surface area contributed by atoms with Crippen molar-refractivity contribution in [3.05, 3.63) is 12.0 Å². The second-order valence-corrected chi connectivity index (χ2v) is 3.87. The zero-order valence-electron chi connectivity index (χ0n) is 6.77. The molecule has 0 saturated carbocycles. The van der Waals surface area contributed by atoms with Crippen LogP contribution in [0, 0.1) is 0 Å².